The maximum Gasteiger partial charge on any atom is 0.410 e. The molecule has 1 N–H and O–H groups in total. The highest BCUT2D eigenvalue weighted by Crippen LogP contribution is 2.59. The van der Waals surface area contributed by atoms with E-state index in [4.69, 9.17) is 23.7 Å². The van der Waals surface area contributed by atoms with Gasteiger partial charge in [0.1, 0.15) is 41.8 Å². The first-order valence-electron chi connectivity index (χ1n) is 16.7. The van der Waals surface area contributed by atoms with Crippen molar-refractivity contribution in [1.29, 1.82) is 0 Å². The summed E-state index contributed by atoms with van der Waals surface area (Å²) in [6, 6.07) is -0.808. The molecule has 1 aliphatic carbocycles. The summed E-state index contributed by atoms with van der Waals surface area (Å²) in [5.41, 5.74) is 0.0907. The SMILES string of the molecule is CO[C@@H]1[C@H](OC(=O)N2CCN(CCOC(=O)[C@H](C)NC(=O)CCC(=O)C(C)(C)C)CC2)CC[C@]2(CO2)[C@H]1[C@]1(C)O[C@@H]1CC=C(C)C. The number of nitrogens with one attached hydrogen (secondary N) is 1. The zero-order chi connectivity index (χ0) is 33.9. The minimum absolute atomic E-state index is 0.00309. The molecule has 3 saturated heterocycles. The summed E-state index contributed by atoms with van der Waals surface area (Å²) in [5.74, 6) is -0.912. The summed E-state index contributed by atoms with van der Waals surface area (Å²) < 4.78 is 29.8. The number of carbonyl (C=O) groups is 4. The fraction of sp³-hybridized carbons (Fsp3) is 0.824. The number of carbonyl (C=O) groups excluding carboxylic acids is 4. The lowest BCUT2D eigenvalue weighted by Crippen LogP contribution is -2.57. The van der Waals surface area contributed by atoms with Crippen molar-refractivity contribution in [2.24, 2.45) is 11.3 Å². The third-order valence-corrected chi connectivity index (χ3v) is 9.92. The van der Waals surface area contributed by atoms with Gasteiger partial charge in [0, 0.05) is 58.1 Å². The molecule has 1 spiro atoms. The molecule has 7 atom stereocenters. The van der Waals surface area contributed by atoms with Crippen molar-refractivity contribution in [3.05, 3.63) is 11.6 Å². The molecule has 12 nitrogen and oxygen atoms in total. The summed E-state index contributed by atoms with van der Waals surface area (Å²) in [7, 11) is 1.67. The van der Waals surface area contributed by atoms with Gasteiger partial charge in [-0.05, 0) is 47.0 Å². The van der Waals surface area contributed by atoms with E-state index in [0.717, 1.165) is 12.8 Å². The monoisotopic (exact) mass is 649 g/mol. The van der Waals surface area contributed by atoms with Gasteiger partial charge in [0.05, 0.1) is 18.6 Å². The van der Waals surface area contributed by atoms with Crippen molar-refractivity contribution in [2.45, 2.75) is 116 Å². The van der Waals surface area contributed by atoms with Gasteiger partial charge in [0.15, 0.2) is 0 Å². The molecule has 12 heteroatoms. The first-order valence-corrected chi connectivity index (χ1v) is 16.7. The molecule has 0 radical (unpaired) electrons. The van der Waals surface area contributed by atoms with Crippen LogP contribution in [0.25, 0.3) is 0 Å². The summed E-state index contributed by atoms with van der Waals surface area (Å²) >= 11 is 0. The predicted octanol–water partition coefficient (Wildman–Crippen LogP) is 3.26. The molecule has 260 valence electrons. The maximum absolute atomic E-state index is 13.3. The van der Waals surface area contributed by atoms with E-state index >= 15 is 0 Å². The van der Waals surface area contributed by atoms with Crippen LogP contribution in [0.3, 0.4) is 0 Å². The number of Topliss-reactive ketones (excluding diaryl/α,β-unsaturated/α-hetero) is 1. The van der Waals surface area contributed by atoms with Crippen LogP contribution in [0.5, 0.6) is 0 Å². The highest BCUT2D eigenvalue weighted by Gasteiger charge is 2.72. The molecule has 4 fully saturated rings. The van der Waals surface area contributed by atoms with Crippen molar-refractivity contribution >= 4 is 23.8 Å². The second-order valence-corrected chi connectivity index (χ2v) is 14.8. The molecule has 46 heavy (non-hydrogen) atoms. The number of amides is 2. The number of nitrogens with zero attached hydrogens (tertiary/aromatic N) is 2. The number of rotatable bonds is 13. The summed E-state index contributed by atoms with van der Waals surface area (Å²) in [6.45, 7) is 16.9. The number of epoxide rings is 2. The smallest absolute Gasteiger partial charge is 0.410 e. The van der Waals surface area contributed by atoms with Crippen molar-refractivity contribution < 1.29 is 42.9 Å². The lowest BCUT2D eigenvalue weighted by molar-refractivity contribution is -0.147. The maximum atomic E-state index is 13.3. The van der Waals surface area contributed by atoms with Gasteiger partial charge >= 0.3 is 12.1 Å². The molecule has 0 bridgehead atoms. The minimum atomic E-state index is -0.808. The van der Waals surface area contributed by atoms with E-state index < -0.39 is 17.4 Å². The molecular formula is C34H55N3O9. The molecule has 4 aliphatic rings. The van der Waals surface area contributed by atoms with Crippen LogP contribution < -0.4 is 5.32 Å². The molecule has 2 amide bonds. The standard InChI is InChI=1S/C34H55N3O9/c1-22(2)9-11-26-33(7,46-26)29-28(42-8)24(13-14-34(29)21-44-34)45-31(41)37-17-15-36(16-18-37)19-20-43-30(40)23(3)35-27(39)12-10-25(38)32(4,5)6/h9,23-24,26,28-29H,10-21H2,1-8H3,(H,35,39)/t23-,24+,26+,28+,29+,33+,34-/m0/s1. The molecule has 0 unspecified atom stereocenters. The zero-order valence-corrected chi connectivity index (χ0v) is 29.0. The van der Waals surface area contributed by atoms with E-state index in [1.165, 1.54) is 5.57 Å². The summed E-state index contributed by atoms with van der Waals surface area (Å²) in [4.78, 5) is 53.7. The van der Waals surface area contributed by atoms with Crippen LogP contribution in [0, 0.1) is 11.3 Å². The van der Waals surface area contributed by atoms with E-state index in [9.17, 15) is 19.2 Å². The van der Waals surface area contributed by atoms with Gasteiger partial charge < -0.3 is 33.9 Å². The van der Waals surface area contributed by atoms with Gasteiger partial charge in [-0.25, -0.2) is 9.59 Å². The Bertz CT molecular complexity index is 1150. The molecule has 3 heterocycles. The number of hydrogen-bond donors (Lipinski definition) is 1. The van der Waals surface area contributed by atoms with Crippen molar-refractivity contribution in [3.63, 3.8) is 0 Å². The number of hydrogen-bond acceptors (Lipinski definition) is 10. The number of ketones is 1. The normalized spacial score (nSPS) is 31.5. The van der Waals surface area contributed by atoms with E-state index in [-0.39, 0.29) is 72.7 Å². The van der Waals surface area contributed by atoms with Crippen molar-refractivity contribution in [2.75, 3.05) is 53.0 Å². The van der Waals surface area contributed by atoms with Crippen LogP contribution in [0.4, 0.5) is 4.79 Å². The van der Waals surface area contributed by atoms with Crippen LogP contribution in [-0.2, 0) is 38.1 Å². The Balaban J connectivity index is 1.17. The van der Waals surface area contributed by atoms with Gasteiger partial charge in [-0.15, -0.1) is 0 Å². The molecule has 0 aromatic rings. The lowest BCUT2D eigenvalue weighted by atomic mass is 9.68. The van der Waals surface area contributed by atoms with Crippen molar-refractivity contribution in [3.8, 4) is 0 Å². The number of allylic oxidation sites excluding steroid dienone is 1. The average molecular weight is 650 g/mol. The third kappa shape index (κ3) is 8.87. The van der Waals surface area contributed by atoms with Crippen LogP contribution in [0.1, 0.15) is 80.6 Å². The fourth-order valence-corrected chi connectivity index (χ4v) is 6.80. The summed E-state index contributed by atoms with van der Waals surface area (Å²) in [6.07, 6.45) is 3.71. The Morgan fingerprint density at radius 3 is 2.35 bits per heavy atom. The highest BCUT2D eigenvalue weighted by atomic mass is 16.6. The zero-order valence-electron chi connectivity index (χ0n) is 29.0. The fourth-order valence-electron chi connectivity index (χ4n) is 6.80. The van der Waals surface area contributed by atoms with Crippen molar-refractivity contribution in [1.82, 2.24) is 15.1 Å². The Kier molecular flexibility index (Phi) is 11.6. The van der Waals surface area contributed by atoms with E-state index in [0.29, 0.717) is 45.8 Å². The first kappa shape index (κ1) is 36.3. The number of piperazine rings is 1. The molecule has 4 rings (SSSR count). The number of methoxy groups -OCH3 is 1. The lowest BCUT2D eigenvalue weighted by Gasteiger charge is -2.43. The van der Waals surface area contributed by atoms with Crippen LogP contribution in [0.15, 0.2) is 11.6 Å². The second kappa shape index (κ2) is 14.7. The molecular weight excluding hydrogens is 594 g/mol. The first-order chi connectivity index (χ1) is 21.6. The largest absolute Gasteiger partial charge is 0.463 e. The Hall–Kier alpha value is -2.54. The molecule has 3 aliphatic heterocycles. The predicted molar refractivity (Wildman–Crippen MR) is 170 cm³/mol. The quantitative estimate of drug-likeness (QED) is 0.180. The Labute approximate surface area is 273 Å². The van der Waals surface area contributed by atoms with Gasteiger partial charge in [0.2, 0.25) is 5.91 Å². The summed E-state index contributed by atoms with van der Waals surface area (Å²) in [5, 5.41) is 2.61. The number of ether oxygens (including phenoxy) is 5. The molecule has 0 aromatic carbocycles. The minimum Gasteiger partial charge on any atom is -0.463 e. The van der Waals surface area contributed by atoms with Gasteiger partial charge in [0.25, 0.3) is 0 Å². The van der Waals surface area contributed by atoms with Crippen LogP contribution in [-0.4, -0.2) is 122 Å². The van der Waals surface area contributed by atoms with E-state index in [1.807, 2.05) is 20.8 Å². The number of esters is 1. The average Bonchev–Trinajstić information content (AvgIpc) is 3.91. The van der Waals surface area contributed by atoms with Crippen LogP contribution >= 0.6 is 0 Å². The molecule has 0 aromatic heterocycles. The Morgan fingerprint density at radius 1 is 1.09 bits per heavy atom. The van der Waals surface area contributed by atoms with Gasteiger partial charge in [-0.2, -0.15) is 0 Å². The second-order valence-electron chi connectivity index (χ2n) is 14.8. The topological polar surface area (TPSA) is 140 Å². The van der Waals surface area contributed by atoms with E-state index in [2.05, 4.69) is 37.1 Å². The Morgan fingerprint density at radius 2 is 1.76 bits per heavy atom. The van der Waals surface area contributed by atoms with Crippen LogP contribution in [0.2, 0.25) is 0 Å². The third-order valence-electron chi connectivity index (χ3n) is 9.92. The highest BCUT2D eigenvalue weighted by molar-refractivity contribution is 5.89. The molecule has 1 saturated carbocycles. The van der Waals surface area contributed by atoms with Gasteiger partial charge in [-0.3, -0.25) is 14.5 Å². The van der Waals surface area contributed by atoms with E-state index in [1.54, 1.807) is 18.9 Å². The van der Waals surface area contributed by atoms with Gasteiger partial charge in [-0.1, -0.05) is 32.4 Å².